The minimum absolute atomic E-state index is 0.0877. The molecule has 2 N–H and O–H groups in total. The van der Waals surface area contributed by atoms with Crippen molar-refractivity contribution in [1.29, 1.82) is 0 Å². The summed E-state index contributed by atoms with van der Waals surface area (Å²) in [6.45, 7) is 8.27. The highest BCUT2D eigenvalue weighted by molar-refractivity contribution is 5.96. The van der Waals surface area contributed by atoms with Crippen LogP contribution in [-0.4, -0.2) is 53.1 Å². The Morgan fingerprint density at radius 2 is 1.91 bits per heavy atom. The summed E-state index contributed by atoms with van der Waals surface area (Å²) < 4.78 is 5.40. The second-order valence-corrected chi connectivity index (χ2v) is 8.06. The highest BCUT2D eigenvalue weighted by atomic mass is 16.5. The van der Waals surface area contributed by atoms with Gasteiger partial charge >= 0.3 is 0 Å². The molecule has 0 saturated carbocycles. The molecule has 1 aromatic heterocycles. The molecule has 2 heterocycles. The first-order chi connectivity index (χ1) is 15.6. The van der Waals surface area contributed by atoms with E-state index in [9.17, 15) is 4.79 Å². The Morgan fingerprint density at radius 3 is 2.62 bits per heavy atom. The molecule has 1 unspecified atom stereocenters. The maximum Gasteiger partial charge on any atom is 0.246 e. The molecule has 7 heteroatoms. The Bertz CT molecular complexity index is 1030. The average molecular weight is 432 g/mol. The number of anilines is 2. The molecule has 1 atom stereocenters. The van der Waals surface area contributed by atoms with E-state index >= 15 is 0 Å². The lowest BCUT2D eigenvalue weighted by atomic mass is 10.1. The number of amides is 1. The number of hydrogen-bond donors (Lipinski definition) is 2. The molecule has 0 spiro atoms. The number of ether oxygens (including phenoxy) is 1. The summed E-state index contributed by atoms with van der Waals surface area (Å²) in [6.07, 6.45) is 5.05. The first-order valence-electron chi connectivity index (χ1n) is 10.9. The molecule has 4 rings (SSSR count). The molecule has 1 aliphatic rings. The summed E-state index contributed by atoms with van der Waals surface area (Å²) in [7, 11) is 0. The van der Waals surface area contributed by atoms with Gasteiger partial charge in [0, 0.05) is 49.0 Å². The SMILES string of the molecule is Cc1ccc(-c2cnccn2)cc1NC(C)C(=O)Nc1ccc(CN2CCOCC2)cc1. The molecule has 1 saturated heterocycles. The predicted octanol–water partition coefficient (Wildman–Crippen LogP) is 3.72. The van der Waals surface area contributed by atoms with Gasteiger partial charge in [-0.05, 0) is 43.2 Å². The Morgan fingerprint density at radius 1 is 1.12 bits per heavy atom. The van der Waals surface area contributed by atoms with Crippen molar-refractivity contribution in [3.63, 3.8) is 0 Å². The Balaban J connectivity index is 1.36. The van der Waals surface area contributed by atoms with Crippen LogP contribution in [0.5, 0.6) is 0 Å². The van der Waals surface area contributed by atoms with Crippen LogP contribution < -0.4 is 10.6 Å². The molecule has 7 nitrogen and oxygen atoms in total. The van der Waals surface area contributed by atoms with Gasteiger partial charge in [0.2, 0.25) is 5.91 Å². The zero-order valence-electron chi connectivity index (χ0n) is 18.5. The summed E-state index contributed by atoms with van der Waals surface area (Å²) in [5, 5.41) is 6.33. The van der Waals surface area contributed by atoms with Crippen LogP contribution in [0.3, 0.4) is 0 Å². The van der Waals surface area contributed by atoms with Crippen LogP contribution in [0, 0.1) is 6.92 Å². The number of morpholine rings is 1. The van der Waals surface area contributed by atoms with E-state index in [0.717, 1.165) is 61.0 Å². The molecule has 0 radical (unpaired) electrons. The molecule has 0 bridgehead atoms. The van der Waals surface area contributed by atoms with Gasteiger partial charge in [-0.15, -0.1) is 0 Å². The van der Waals surface area contributed by atoms with E-state index in [1.807, 2.05) is 44.2 Å². The number of hydrogen-bond acceptors (Lipinski definition) is 6. The largest absolute Gasteiger partial charge is 0.379 e. The Kier molecular flexibility index (Phi) is 7.09. The predicted molar refractivity (Wildman–Crippen MR) is 126 cm³/mol. The summed E-state index contributed by atoms with van der Waals surface area (Å²) in [5.74, 6) is -0.0877. The molecule has 166 valence electrons. The Hall–Kier alpha value is -3.29. The normalized spacial score (nSPS) is 15.2. The number of carbonyl (C=O) groups is 1. The molecule has 0 aliphatic carbocycles. The van der Waals surface area contributed by atoms with Crippen LogP contribution in [0.1, 0.15) is 18.1 Å². The lowest BCUT2D eigenvalue weighted by molar-refractivity contribution is -0.116. The molecule has 1 amide bonds. The smallest absolute Gasteiger partial charge is 0.246 e. The molecular formula is C25H29N5O2. The summed E-state index contributed by atoms with van der Waals surface area (Å²) in [4.78, 5) is 23.6. The zero-order valence-corrected chi connectivity index (χ0v) is 18.5. The van der Waals surface area contributed by atoms with Crippen LogP contribution >= 0.6 is 0 Å². The maximum atomic E-state index is 12.8. The highest BCUT2D eigenvalue weighted by Crippen LogP contribution is 2.24. The minimum Gasteiger partial charge on any atom is -0.379 e. The van der Waals surface area contributed by atoms with Crippen molar-refractivity contribution < 1.29 is 9.53 Å². The molecular weight excluding hydrogens is 402 g/mol. The summed E-state index contributed by atoms with van der Waals surface area (Å²) >= 11 is 0. The van der Waals surface area contributed by atoms with Crippen LogP contribution in [0.15, 0.2) is 61.1 Å². The first kappa shape index (κ1) is 21.9. The third-order valence-corrected chi connectivity index (χ3v) is 5.59. The molecule has 32 heavy (non-hydrogen) atoms. The van der Waals surface area contributed by atoms with Gasteiger partial charge in [0.1, 0.15) is 6.04 Å². The number of aromatic nitrogens is 2. The fourth-order valence-corrected chi connectivity index (χ4v) is 3.65. The van der Waals surface area contributed by atoms with Gasteiger partial charge in [-0.3, -0.25) is 19.7 Å². The zero-order chi connectivity index (χ0) is 22.3. The number of nitrogens with zero attached hydrogens (tertiary/aromatic N) is 3. The molecule has 2 aromatic carbocycles. The fourth-order valence-electron chi connectivity index (χ4n) is 3.65. The maximum absolute atomic E-state index is 12.8. The second-order valence-electron chi connectivity index (χ2n) is 8.06. The third-order valence-electron chi connectivity index (χ3n) is 5.59. The number of rotatable bonds is 7. The van der Waals surface area contributed by atoms with Crippen molar-refractivity contribution in [3.05, 3.63) is 72.2 Å². The monoisotopic (exact) mass is 431 g/mol. The summed E-state index contributed by atoms with van der Waals surface area (Å²) in [5.41, 5.74) is 5.73. The number of carbonyl (C=O) groups excluding carboxylic acids is 1. The van der Waals surface area contributed by atoms with Gasteiger partial charge in [0.05, 0.1) is 25.1 Å². The van der Waals surface area contributed by atoms with Crippen molar-refractivity contribution in [1.82, 2.24) is 14.9 Å². The standard InChI is InChI=1S/C25H29N5O2/c1-18-3-6-21(24-16-26-9-10-27-24)15-23(18)28-19(2)25(31)29-22-7-4-20(5-8-22)17-30-11-13-32-14-12-30/h3-10,15-16,19,28H,11-14,17H2,1-2H3,(H,29,31). The third kappa shape index (κ3) is 5.69. The van der Waals surface area contributed by atoms with E-state index in [0.29, 0.717) is 0 Å². The van der Waals surface area contributed by atoms with Crippen molar-refractivity contribution >= 4 is 17.3 Å². The fraction of sp³-hybridized carbons (Fsp3) is 0.320. The van der Waals surface area contributed by atoms with E-state index in [1.54, 1.807) is 18.6 Å². The van der Waals surface area contributed by atoms with Gasteiger partial charge in [-0.1, -0.05) is 24.3 Å². The molecule has 3 aromatic rings. The van der Waals surface area contributed by atoms with Gasteiger partial charge in [-0.2, -0.15) is 0 Å². The number of benzene rings is 2. The van der Waals surface area contributed by atoms with Gasteiger partial charge in [0.25, 0.3) is 0 Å². The topological polar surface area (TPSA) is 79.4 Å². The van der Waals surface area contributed by atoms with Crippen LogP contribution in [0.25, 0.3) is 11.3 Å². The molecule has 1 aliphatic heterocycles. The van der Waals surface area contributed by atoms with Gasteiger partial charge < -0.3 is 15.4 Å². The quantitative estimate of drug-likeness (QED) is 0.594. The van der Waals surface area contributed by atoms with Gasteiger partial charge in [0.15, 0.2) is 0 Å². The van der Waals surface area contributed by atoms with Crippen LogP contribution in [0.4, 0.5) is 11.4 Å². The lowest BCUT2D eigenvalue weighted by Gasteiger charge is -2.26. The van der Waals surface area contributed by atoms with Crippen LogP contribution in [0.2, 0.25) is 0 Å². The van der Waals surface area contributed by atoms with Crippen molar-refractivity contribution in [2.45, 2.75) is 26.4 Å². The first-order valence-corrected chi connectivity index (χ1v) is 10.9. The van der Waals surface area contributed by atoms with E-state index in [2.05, 4.69) is 37.6 Å². The second kappa shape index (κ2) is 10.3. The average Bonchev–Trinajstić information content (AvgIpc) is 2.83. The van der Waals surface area contributed by atoms with E-state index in [1.165, 1.54) is 5.56 Å². The number of aryl methyl sites for hydroxylation is 1. The van der Waals surface area contributed by atoms with Crippen molar-refractivity contribution in [2.75, 3.05) is 36.9 Å². The Labute approximate surface area is 188 Å². The highest BCUT2D eigenvalue weighted by Gasteiger charge is 2.15. The van der Waals surface area contributed by atoms with E-state index < -0.39 is 6.04 Å². The number of nitrogens with one attached hydrogen (secondary N) is 2. The minimum atomic E-state index is -0.404. The van der Waals surface area contributed by atoms with E-state index in [4.69, 9.17) is 4.74 Å². The van der Waals surface area contributed by atoms with E-state index in [-0.39, 0.29) is 5.91 Å². The van der Waals surface area contributed by atoms with Crippen molar-refractivity contribution in [2.24, 2.45) is 0 Å². The lowest BCUT2D eigenvalue weighted by Crippen LogP contribution is -2.35. The van der Waals surface area contributed by atoms with Crippen LogP contribution in [-0.2, 0) is 16.1 Å². The molecule has 1 fully saturated rings. The van der Waals surface area contributed by atoms with Gasteiger partial charge in [-0.25, -0.2) is 0 Å². The van der Waals surface area contributed by atoms with Crippen molar-refractivity contribution in [3.8, 4) is 11.3 Å². The summed E-state index contributed by atoms with van der Waals surface area (Å²) in [6, 6.07) is 13.7.